The quantitative estimate of drug-likeness (QED) is 0.381. The van der Waals surface area contributed by atoms with Crippen LogP contribution in [0.5, 0.6) is 5.75 Å². The number of thioether (sulfide) groups is 1. The second-order valence-electron chi connectivity index (χ2n) is 6.41. The van der Waals surface area contributed by atoms with Crippen molar-refractivity contribution >= 4 is 34.4 Å². The number of anilines is 1. The summed E-state index contributed by atoms with van der Waals surface area (Å²) in [5.74, 6) is 0.0329. The van der Waals surface area contributed by atoms with Crippen LogP contribution in [0.4, 0.5) is 5.69 Å². The number of aromatic hydroxyl groups is 1. The highest BCUT2D eigenvalue weighted by Gasteiger charge is 2.15. The summed E-state index contributed by atoms with van der Waals surface area (Å²) in [6.45, 7) is 2.05. The van der Waals surface area contributed by atoms with Gasteiger partial charge < -0.3 is 10.4 Å². The molecule has 0 fully saturated rings. The number of para-hydroxylation sites is 4. The van der Waals surface area contributed by atoms with E-state index in [1.165, 1.54) is 17.3 Å². The maximum absolute atomic E-state index is 12.4. The molecule has 140 valence electrons. The minimum absolute atomic E-state index is 0.0488. The first-order valence-electron chi connectivity index (χ1n) is 8.87. The maximum atomic E-state index is 12.4. The van der Waals surface area contributed by atoms with E-state index in [1.54, 1.807) is 24.3 Å². The highest BCUT2D eigenvalue weighted by molar-refractivity contribution is 7.99. The summed E-state index contributed by atoms with van der Waals surface area (Å²) < 4.78 is 2.06. The fourth-order valence-electron chi connectivity index (χ4n) is 2.94. The molecule has 0 aliphatic rings. The van der Waals surface area contributed by atoms with E-state index < -0.39 is 0 Å². The van der Waals surface area contributed by atoms with Gasteiger partial charge in [0, 0.05) is 5.69 Å². The number of rotatable bonds is 5. The number of aromatic nitrogens is 2. The highest BCUT2D eigenvalue weighted by Crippen LogP contribution is 2.28. The zero-order chi connectivity index (χ0) is 19.5. The third kappa shape index (κ3) is 3.73. The summed E-state index contributed by atoms with van der Waals surface area (Å²) in [5.41, 5.74) is 4.47. The summed E-state index contributed by atoms with van der Waals surface area (Å²) in [4.78, 5) is 17.1. The monoisotopic (exact) mass is 389 g/mol. The summed E-state index contributed by atoms with van der Waals surface area (Å²) >= 11 is 1.36. The van der Waals surface area contributed by atoms with Gasteiger partial charge in [-0.05, 0) is 43.3 Å². The number of aryl methyl sites for hydroxylation is 1. The van der Waals surface area contributed by atoms with Crippen LogP contribution in [0, 0.1) is 6.92 Å². The lowest BCUT2D eigenvalue weighted by Gasteiger charge is -2.10. The van der Waals surface area contributed by atoms with Crippen molar-refractivity contribution in [1.82, 2.24) is 9.55 Å². The minimum Gasteiger partial charge on any atom is -0.506 e. The summed E-state index contributed by atoms with van der Waals surface area (Å²) in [5, 5.41) is 13.3. The molecule has 0 atom stereocenters. The molecule has 0 unspecified atom stereocenters. The largest absolute Gasteiger partial charge is 0.506 e. The molecule has 1 amide bonds. The van der Waals surface area contributed by atoms with Crippen LogP contribution in [0.1, 0.15) is 5.56 Å². The fraction of sp³-hybridized carbons (Fsp3) is 0.0909. The molecule has 28 heavy (non-hydrogen) atoms. The van der Waals surface area contributed by atoms with Crippen molar-refractivity contribution in [1.29, 1.82) is 0 Å². The van der Waals surface area contributed by atoms with E-state index in [4.69, 9.17) is 4.98 Å². The molecule has 0 bridgehead atoms. The Morgan fingerprint density at radius 3 is 2.54 bits per heavy atom. The molecular formula is C22H19N3O2S. The number of imidazole rings is 1. The summed E-state index contributed by atoms with van der Waals surface area (Å²) in [7, 11) is 0. The van der Waals surface area contributed by atoms with Crippen LogP contribution in [-0.2, 0) is 4.79 Å². The Hall–Kier alpha value is -3.25. The predicted molar refractivity (Wildman–Crippen MR) is 113 cm³/mol. The number of phenolic OH excluding ortho intramolecular Hbond substituents is 1. The van der Waals surface area contributed by atoms with Crippen molar-refractivity contribution in [3.05, 3.63) is 78.4 Å². The highest BCUT2D eigenvalue weighted by atomic mass is 32.2. The Bertz CT molecular complexity index is 1140. The first-order chi connectivity index (χ1) is 13.6. The van der Waals surface area contributed by atoms with Crippen LogP contribution in [-0.4, -0.2) is 26.3 Å². The summed E-state index contributed by atoms with van der Waals surface area (Å²) in [6.07, 6.45) is 0. The van der Waals surface area contributed by atoms with E-state index in [9.17, 15) is 9.90 Å². The van der Waals surface area contributed by atoms with Crippen molar-refractivity contribution in [2.45, 2.75) is 12.1 Å². The van der Waals surface area contributed by atoms with Gasteiger partial charge in [0.05, 0.1) is 22.5 Å². The lowest BCUT2D eigenvalue weighted by molar-refractivity contribution is -0.113. The van der Waals surface area contributed by atoms with Gasteiger partial charge in [-0.3, -0.25) is 9.36 Å². The number of phenols is 1. The number of nitrogens with zero attached hydrogens (tertiary/aromatic N) is 2. The van der Waals surface area contributed by atoms with Crippen molar-refractivity contribution in [2.75, 3.05) is 11.1 Å². The molecular weight excluding hydrogens is 370 g/mol. The standard InChI is InChI=1S/C22H19N3O2S/c1-15-10-12-16(13-11-15)25-19-8-4-2-6-17(19)24-22(25)28-14-21(27)23-18-7-3-5-9-20(18)26/h2-13,26H,14H2,1H3,(H,23,27). The third-order valence-corrected chi connectivity index (χ3v) is 5.27. The number of amides is 1. The molecule has 0 saturated heterocycles. The lowest BCUT2D eigenvalue weighted by Crippen LogP contribution is -2.14. The van der Waals surface area contributed by atoms with Crippen LogP contribution < -0.4 is 5.32 Å². The second-order valence-corrected chi connectivity index (χ2v) is 7.35. The normalized spacial score (nSPS) is 10.9. The topological polar surface area (TPSA) is 67.2 Å². The average Bonchev–Trinajstić information content (AvgIpc) is 3.07. The van der Waals surface area contributed by atoms with E-state index in [0.29, 0.717) is 5.69 Å². The van der Waals surface area contributed by atoms with Gasteiger partial charge in [0.2, 0.25) is 5.91 Å². The first kappa shape index (κ1) is 18.1. The molecule has 4 rings (SSSR count). The third-order valence-electron chi connectivity index (χ3n) is 4.33. The van der Waals surface area contributed by atoms with Gasteiger partial charge in [0.1, 0.15) is 5.75 Å². The van der Waals surface area contributed by atoms with Gasteiger partial charge in [-0.25, -0.2) is 4.98 Å². The molecule has 1 heterocycles. The SMILES string of the molecule is Cc1ccc(-n2c(SCC(=O)Nc3ccccc3O)nc3ccccc32)cc1. The van der Waals surface area contributed by atoms with Crippen molar-refractivity contribution in [3.63, 3.8) is 0 Å². The molecule has 0 saturated carbocycles. The maximum Gasteiger partial charge on any atom is 0.234 e. The fourth-order valence-corrected chi connectivity index (χ4v) is 3.77. The second kappa shape index (κ2) is 7.78. The minimum atomic E-state index is -0.200. The molecule has 0 radical (unpaired) electrons. The number of benzene rings is 3. The van der Waals surface area contributed by atoms with E-state index in [2.05, 4.69) is 41.1 Å². The van der Waals surface area contributed by atoms with Gasteiger partial charge in [-0.1, -0.05) is 53.7 Å². The Morgan fingerprint density at radius 2 is 1.75 bits per heavy atom. The zero-order valence-electron chi connectivity index (χ0n) is 15.3. The first-order valence-corrected chi connectivity index (χ1v) is 9.85. The van der Waals surface area contributed by atoms with Crippen molar-refractivity contribution in [2.24, 2.45) is 0 Å². The van der Waals surface area contributed by atoms with E-state index >= 15 is 0 Å². The molecule has 0 aliphatic heterocycles. The van der Waals surface area contributed by atoms with Gasteiger partial charge in [-0.15, -0.1) is 0 Å². The van der Waals surface area contributed by atoms with Gasteiger partial charge in [0.15, 0.2) is 5.16 Å². The van der Waals surface area contributed by atoms with E-state index in [-0.39, 0.29) is 17.4 Å². The number of hydrogen-bond donors (Lipinski definition) is 2. The van der Waals surface area contributed by atoms with Crippen LogP contribution in [0.25, 0.3) is 16.7 Å². The Morgan fingerprint density at radius 1 is 1.04 bits per heavy atom. The van der Waals surface area contributed by atoms with Crippen molar-refractivity contribution < 1.29 is 9.90 Å². The average molecular weight is 389 g/mol. The Labute approximate surface area is 167 Å². The number of carbonyl (C=O) groups excluding carboxylic acids is 1. The predicted octanol–water partition coefficient (Wildman–Crippen LogP) is 4.77. The Kier molecular flexibility index (Phi) is 5.04. The van der Waals surface area contributed by atoms with Gasteiger partial charge in [-0.2, -0.15) is 0 Å². The molecule has 5 nitrogen and oxygen atoms in total. The molecule has 6 heteroatoms. The van der Waals surface area contributed by atoms with Crippen LogP contribution in [0.2, 0.25) is 0 Å². The molecule has 2 N–H and O–H groups in total. The smallest absolute Gasteiger partial charge is 0.234 e. The number of carbonyl (C=O) groups is 1. The number of nitrogens with one attached hydrogen (secondary N) is 1. The van der Waals surface area contributed by atoms with E-state index in [1.807, 2.05) is 24.3 Å². The van der Waals surface area contributed by atoms with Crippen molar-refractivity contribution in [3.8, 4) is 11.4 Å². The van der Waals surface area contributed by atoms with Gasteiger partial charge >= 0.3 is 0 Å². The number of fused-ring (bicyclic) bond motifs is 1. The van der Waals surface area contributed by atoms with Gasteiger partial charge in [0.25, 0.3) is 0 Å². The Balaban J connectivity index is 1.60. The van der Waals surface area contributed by atoms with Crippen LogP contribution >= 0.6 is 11.8 Å². The van der Waals surface area contributed by atoms with E-state index in [0.717, 1.165) is 21.9 Å². The molecule has 3 aromatic carbocycles. The molecule has 4 aromatic rings. The van der Waals surface area contributed by atoms with Crippen LogP contribution in [0.15, 0.2) is 78.0 Å². The molecule has 1 aromatic heterocycles. The molecule has 0 spiro atoms. The lowest BCUT2D eigenvalue weighted by atomic mass is 10.2. The summed E-state index contributed by atoms with van der Waals surface area (Å²) in [6, 6.07) is 22.8. The zero-order valence-corrected chi connectivity index (χ0v) is 16.1. The molecule has 0 aliphatic carbocycles. The number of hydrogen-bond acceptors (Lipinski definition) is 4. The van der Waals surface area contributed by atoms with Crippen LogP contribution in [0.3, 0.4) is 0 Å².